The Hall–Kier alpha value is -5.87. The number of ether oxygens (including phenoxy) is 1. The van der Waals surface area contributed by atoms with Crippen LogP contribution in [0.3, 0.4) is 0 Å². The number of nitrogen functional groups attached to an aromatic ring is 1. The van der Waals surface area contributed by atoms with Crippen molar-refractivity contribution in [2.45, 2.75) is 45.4 Å². The zero-order valence-corrected chi connectivity index (χ0v) is 28.3. The smallest absolute Gasteiger partial charge is 0.343 e. The molecule has 10 heteroatoms. The quantitative estimate of drug-likeness (QED) is 0.163. The van der Waals surface area contributed by atoms with Gasteiger partial charge in [0.2, 0.25) is 0 Å². The number of rotatable bonds is 9. The van der Waals surface area contributed by atoms with Gasteiger partial charge >= 0.3 is 5.63 Å². The number of anilines is 1. The Morgan fingerprint density at radius 2 is 1.63 bits per heavy atom. The molecule has 0 amide bonds. The Bertz CT molecular complexity index is 2420. The van der Waals surface area contributed by atoms with Gasteiger partial charge < -0.3 is 14.9 Å². The van der Waals surface area contributed by atoms with E-state index in [4.69, 9.17) is 20.0 Å². The summed E-state index contributed by atoms with van der Waals surface area (Å²) in [6.07, 6.45) is 5.06. The minimum absolute atomic E-state index is 0.190. The van der Waals surface area contributed by atoms with Crippen molar-refractivity contribution >= 4 is 27.6 Å². The van der Waals surface area contributed by atoms with Crippen LogP contribution in [-0.4, -0.2) is 37.7 Å². The van der Waals surface area contributed by atoms with Gasteiger partial charge in [-0.25, -0.2) is 23.8 Å². The number of hydrogen-bond acceptors (Lipinski definition) is 8. The first kappa shape index (κ1) is 32.3. The number of fused-ring (bicyclic) bond motifs is 2. The average Bonchev–Trinajstić information content (AvgIpc) is 3.56. The zero-order valence-electron chi connectivity index (χ0n) is 28.3. The van der Waals surface area contributed by atoms with Crippen LogP contribution in [0.1, 0.15) is 49.1 Å². The molecule has 4 aromatic carbocycles. The van der Waals surface area contributed by atoms with Gasteiger partial charge in [-0.2, -0.15) is 5.10 Å². The highest BCUT2D eigenvalue weighted by atomic mass is 19.1. The van der Waals surface area contributed by atoms with Crippen molar-refractivity contribution < 1.29 is 13.5 Å². The van der Waals surface area contributed by atoms with Gasteiger partial charge in [0.25, 0.3) is 0 Å². The number of piperidine rings is 1. The summed E-state index contributed by atoms with van der Waals surface area (Å²) in [5.74, 6) is 0.462. The summed E-state index contributed by atoms with van der Waals surface area (Å²) in [6.45, 7) is 5.19. The second-order valence-corrected chi connectivity index (χ2v) is 13.1. The monoisotopic (exact) mass is 680 g/mol. The molecule has 1 atom stereocenters. The Labute approximate surface area is 294 Å². The maximum absolute atomic E-state index is 15.2. The molecule has 0 saturated carbocycles. The summed E-state index contributed by atoms with van der Waals surface area (Å²) in [7, 11) is 0. The highest BCUT2D eigenvalue weighted by Gasteiger charge is 2.27. The van der Waals surface area contributed by atoms with E-state index in [2.05, 4.69) is 33.1 Å². The van der Waals surface area contributed by atoms with Gasteiger partial charge in [0.15, 0.2) is 5.65 Å². The minimum Gasteiger partial charge on any atom is -0.489 e. The molecular weight excluding hydrogens is 643 g/mol. The molecule has 9 nitrogen and oxygen atoms in total. The number of nitrogens with zero attached hydrogens (tertiary/aromatic N) is 5. The fourth-order valence-corrected chi connectivity index (χ4v) is 7.11. The summed E-state index contributed by atoms with van der Waals surface area (Å²) >= 11 is 0. The Kier molecular flexibility index (Phi) is 8.75. The third-order valence-electron chi connectivity index (χ3n) is 9.59. The predicted molar refractivity (Wildman–Crippen MR) is 197 cm³/mol. The number of benzene rings is 4. The maximum Gasteiger partial charge on any atom is 0.343 e. The van der Waals surface area contributed by atoms with E-state index < -0.39 is 17.5 Å². The molecule has 1 fully saturated rings. The third kappa shape index (κ3) is 6.46. The molecule has 51 heavy (non-hydrogen) atoms. The first-order chi connectivity index (χ1) is 24.9. The van der Waals surface area contributed by atoms with Crippen LogP contribution in [-0.2, 0) is 13.2 Å². The average molecular weight is 681 g/mol. The molecule has 8 rings (SSSR count). The second-order valence-electron chi connectivity index (χ2n) is 13.1. The number of nitrogens with two attached hydrogens (primary N) is 1. The molecule has 7 aromatic rings. The Balaban J connectivity index is 1.24. The largest absolute Gasteiger partial charge is 0.489 e. The van der Waals surface area contributed by atoms with Crippen molar-refractivity contribution in [2.75, 3.05) is 18.8 Å². The lowest BCUT2D eigenvalue weighted by molar-refractivity contribution is 0.221. The van der Waals surface area contributed by atoms with E-state index in [9.17, 15) is 4.79 Å². The molecule has 3 aromatic heterocycles. The van der Waals surface area contributed by atoms with E-state index >= 15 is 4.39 Å². The lowest BCUT2D eigenvalue weighted by atomic mass is 9.94. The fourth-order valence-electron chi connectivity index (χ4n) is 7.11. The van der Waals surface area contributed by atoms with Gasteiger partial charge in [-0.05, 0) is 73.8 Å². The lowest BCUT2D eigenvalue weighted by Gasteiger charge is -2.26. The van der Waals surface area contributed by atoms with Gasteiger partial charge in [0.1, 0.15) is 47.8 Å². The van der Waals surface area contributed by atoms with Crippen LogP contribution in [0.15, 0.2) is 113 Å². The number of halogens is 1. The zero-order chi connectivity index (χ0) is 34.9. The van der Waals surface area contributed by atoms with Crippen molar-refractivity contribution in [2.24, 2.45) is 0 Å². The molecule has 0 spiro atoms. The standard InChI is InChI=1S/C41H37FN6O3/c1-26(38-35(33-15-6-7-16-34(33)41(49)51-38)29-14-10-13-28(19-29)23-47-17-8-3-9-18-47)48-40-36(39(43)44-25-45-40)37(46-48)30-20-31(42)22-32(21-30)50-24-27-11-4-2-5-12-27/h2,4-7,10-16,19-22,25-26H,3,8-9,17-18,23-24H2,1H3,(H2,43,44,45). The van der Waals surface area contributed by atoms with Crippen molar-refractivity contribution in [3.05, 3.63) is 137 Å². The maximum atomic E-state index is 15.2. The molecule has 0 aliphatic carbocycles. The molecule has 0 bridgehead atoms. The third-order valence-corrected chi connectivity index (χ3v) is 9.59. The van der Waals surface area contributed by atoms with Crippen molar-refractivity contribution in [1.29, 1.82) is 0 Å². The van der Waals surface area contributed by atoms with Crippen LogP contribution < -0.4 is 16.1 Å². The summed E-state index contributed by atoms with van der Waals surface area (Å²) < 4.78 is 29.0. The summed E-state index contributed by atoms with van der Waals surface area (Å²) in [4.78, 5) is 24.8. The highest BCUT2D eigenvalue weighted by Crippen LogP contribution is 2.39. The first-order valence-electron chi connectivity index (χ1n) is 17.3. The topological polar surface area (TPSA) is 112 Å². The molecule has 256 valence electrons. The van der Waals surface area contributed by atoms with Crippen LogP contribution >= 0.6 is 0 Å². The lowest BCUT2D eigenvalue weighted by Crippen LogP contribution is -2.29. The normalized spacial score (nSPS) is 14.2. The number of hydrogen-bond donors (Lipinski definition) is 1. The van der Waals surface area contributed by atoms with Crippen molar-refractivity contribution in [1.82, 2.24) is 24.6 Å². The molecule has 1 unspecified atom stereocenters. The first-order valence-corrected chi connectivity index (χ1v) is 17.3. The van der Waals surface area contributed by atoms with E-state index in [1.165, 1.54) is 43.3 Å². The van der Waals surface area contributed by atoms with E-state index in [1.54, 1.807) is 16.8 Å². The molecule has 1 aliphatic heterocycles. The number of aromatic nitrogens is 4. The van der Waals surface area contributed by atoms with Gasteiger partial charge in [-0.3, -0.25) is 4.90 Å². The van der Waals surface area contributed by atoms with Crippen molar-refractivity contribution in [3.8, 4) is 28.1 Å². The van der Waals surface area contributed by atoms with Gasteiger partial charge in [-0.15, -0.1) is 0 Å². The summed E-state index contributed by atoms with van der Waals surface area (Å²) in [6, 6.07) is 29.4. The fraction of sp³-hybridized carbons (Fsp3) is 0.220. The van der Waals surface area contributed by atoms with Crippen LogP contribution in [0.2, 0.25) is 0 Å². The van der Waals surface area contributed by atoms with E-state index in [0.717, 1.165) is 41.7 Å². The molecular formula is C41H37FN6O3. The molecule has 0 radical (unpaired) electrons. The van der Waals surface area contributed by atoms with Gasteiger partial charge in [-0.1, -0.05) is 73.2 Å². The van der Waals surface area contributed by atoms with Gasteiger partial charge in [0.05, 0.1) is 10.8 Å². The molecule has 1 saturated heterocycles. The van der Waals surface area contributed by atoms with Crippen LogP contribution in [0.5, 0.6) is 5.75 Å². The van der Waals surface area contributed by atoms with Gasteiger partial charge in [0, 0.05) is 29.1 Å². The summed E-state index contributed by atoms with van der Waals surface area (Å²) in [5.41, 5.74) is 11.1. The van der Waals surface area contributed by atoms with Crippen LogP contribution in [0, 0.1) is 5.82 Å². The second kappa shape index (κ2) is 13.8. The Morgan fingerprint density at radius 3 is 2.45 bits per heavy atom. The Morgan fingerprint density at radius 1 is 0.863 bits per heavy atom. The highest BCUT2D eigenvalue weighted by molar-refractivity contribution is 5.99. The van der Waals surface area contributed by atoms with Crippen LogP contribution in [0.4, 0.5) is 10.2 Å². The van der Waals surface area contributed by atoms with E-state index in [0.29, 0.717) is 39.2 Å². The molecule has 1 aliphatic rings. The SMILES string of the molecule is CC(c1oc(=O)c2ccccc2c1-c1cccc(CN2CCCCC2)c1)n1nc(-c2cc(F)cc(OCc3ccccc3)c2)c2c(N)ncnc21. The predicted octanol–water partition coefficient (Wildman–Crippen LogP) is 8.16. The van der Waals surface area contributed by atoms with Crippen molar-refractivity contribution in [3.63, 3.8) is 0 Å². The van der Waals surface area contributed by atoms with Crippen LogP contribution in [0.25, 0.3) is 44.2 Å². The molecule has 2 N–H and O–H groups in total. The molecule has 4 heterocycles. The number of likely N-dealkylation sites (tertiary alicyclic amines) is 1. The van der Waals surface area contributed by atoms with E-state index in [-0.39, 0.29) is 12.4 Å². The summed E-state index contributed by atoms with van der Waals surface area (Å²) in [5, 5.41) is 6.71. The minimum atomic E-state index is -0.629. The van der Waals surface area contributed by atoms with E-state index in [1.807, 2.05) is 61.5 Å².